The number of fused-ring (bicyclic) bond motifs is 1. The summed E-state index contributed by atoms with van der Waals surface area (Å²) in [5.41, 5.74) is 0.0622. The van der Waals surface area contributed by atoms with Crippen LogP contribution >= 0.6 is 11.3 Å². The zero-order chi connectivity index (χ0) is 18.4. The number of hydrogen-bond acceptors (Lipinski definition) is 5. The van der Waals surface area contributed by atoms with E-state index < -0.39 is 29.4 Å². The zero-order valence-electron chi connectivity index (χ0n) is 13.9. The highest BCUT2D eigenvalue weighted by molar-refractivity contribution is 7.17. The van der Waals surface area contributed by atoms with Gasteiger partial charge in [0.2, 0.25) is 11.9 Å². The third-order valence-corrected chi connectivity index (χ3v) is 4.60. The number of imide groups is 1. The molecule has 0 aromatic carbocycles. The van der Waals surface area contributed by atoms with Crippen molar-refractivity contribution in [1.29, 1.82) is 0 Å². The van der Waals surface area contributed by atoms with E-state index in [-0.39, 0.29) is 22.0 Å². The summed E-state index contributed by atoms with van der Waals surface area (Å²) in [5, 5.41) is 2.98. The van der Waals surface area contributed by atoms with E-state index in [2.05, 4.69) is 15.3 Å². The molecule has 132 valence electrons. The Kier molecular flexibility index (Phi) is 4.28. The van der Waals surface area contributed by atoms with Gasteiger partial charge in [-0.05, 0) is 32.9 Å². The smallest absolute Gasteiger partial charge is 0.324 e. The number of hydrogen-bond donors (Lipinski definition) is 1. The Balaban J connectivity index is 1.90. The lowest BCUT2D eigenvalue weighted by molar-refractivity contribution is 0.0785. The molecule has 0 bridgehead atoms. The average molecular weight is 366 g/mol. The minimum absolute atomic E-state index is 0.0271. The van der Waals surface area contributed by atoms with Gasteiger partial charge in [0, 0.05) is 18.5 Å². The van der Waals surface area contributed by atoms with Gasteiger partial charge in [-0.2, -0.15) is 13.8 Å². The third-order valence-electron chi connectivity index (χ3n) is 3.48. The van der Waals surface area contributed by atoms with Gasteiger partial charge >= 0.3 is 6.03 Å². The summed E-state index contributed by atoms with van der Waals surface area (Å²) >= 11 is 0.971. The van der Waals surface area contributed by atoms with Crippen molar-refractivity contribution in [2.75, 3.05) is 6.54 Å². The average Bonchev–Trinajstić information content (AvgIpc) is 2.90. The van der Waals surface area contributed by atoms with Gasteiger partial charge in [-0.3, -0.25) is 9.69 Å². The predicted octanol–water partition coefficient (Wildman–Crippen LogP) is 2.99. The Labute approximate surface area is 146 Å². The number of pyridine rings is 1. The highest BCUT2D eigenvalue weighted by atomic mass is 32.1. The largest absolute Gasteiger partial charge is 0.333 e. The number of urea groups is 1. The van der Waals surface area contributed by atoms with Gasteiger partial charge < -0.3 is 5.32 Å². The third kappa shape index (κ3) is 3.51. The van der Waals surface area contributed by atoms with Crippen LogP contribution in [0.2, 0.25) is 0 Å². The Hall–Kier alpha value is -2.42. The molecule has 2 aromatic heterocycles. The van der Waals surface area contributed by atoms with Crippen LogP contribution in [-0.4, -0.2) is 38.9 Å². The maximum Gasteiger partial charge on any atom is 0.324 e. The van der Waals surface area contributed by atoms with E-state index in [0.29, 0.717) is 12.1 Å². The van der Waals surface area contributed by atoms with Crippen LogP contribution in [-0.2, 0) is 6.42 Å². The molecule has 3 heterocycles. The number of rotatable bonds is 1. The predicted molar refractivity (Wildman–Crippen MR) is 88.3 cm³/mol. The van der Waals surface area contributed by atoms with Crippen molar-refractivity contribution in [2.45, 2.75) is 32.7 Å². The Bertz CT molecular complexity index is 860. The maximum atomic E-state index is 13.8. The first-order valence-corrected chi connectivity index (χ1v) is 8.43. The highest BCUT2D eigenvalue weighted by Gasteiger charge is 2.34. The van der Waals surface area contributed by atoms with Gasteiger partial charge in [0.25, 0.3) is 5.91 Å². The Morgan fingerprint density at radius 2 is 2.00 bits per heavy atom. The number of amides is 3. The first-order chi connectivity index (χ1) is 11.7. The van der Waals surface area contributed by atoms with Crippen molar-refractivity contribution < 1.29 is 18.4 Å². The molecule has 1 N–H and O–H groups in total. The minimum Gasteiger partial charge on any atom is -0.333 e. The van der Waals surface area contributed by atoms with Crippen LogP contribution in [0, 0.1) is 11.9 Å². The molecule has 0 aliphatic carbocycles. The Morgan fingerprint density at radius 1 is 1.28 bits per heavy atom. The van der Waals surface area contributed by atoms with Crippen LogP contribution in [0.1, 0.15) is 36.1 Å². The molecule has 3 amide bonds. The van der Waals surface area contributed by atoms with Crippen LogP contribution < -0.4 is 5.32 Å². The van der Waals surface area contributed by atoms with E-state index in [9.17, 15) is 18.4 Å². The van der Waals surface area contributed by atoms with E-state index in [1.54, 1.807) is 0 Å². The molecule has 9 heteroatoms. The number of nitrogens with zero attached hydrogens (tertiary/aromatic N) is 3. The molecule has 0 fully saturated rings. The zero-order valence-corrected chi connectivity index (χ0v) is 14.7. The summed E-state index contributed by atoms with van der Waals surface area (Å²) in [7, 11) is 0. The van der Waals surface area contributed by atoms with Crippen LogP contribution in [0.3, 0.4) is 0 Å². The number of halogens is 2. The van der Waals surface area contributed by atoms with Gasteiger partial charge in [-0.1, -0.05) is 0 Å². The number of carbonyl (C=O) groups is 2. The van der Waals surface area contributed by atoms with Gasteiger partial charge in [0.1, 0.15) is 9.88 Å². The van der Waals surface area contributed by atoms with Crippen molar-refractivity contribution in [3.05, 3.63) is 34.6 Å². The fraction of sp³-hybridized carbons (Fsp3) is 0.375. The number of aromatic nitrogens is 2. The molecule has 0 unspecified atom stereocenters. The fourth-order valence-corrected chi connectivity index (χ4v) is 3.47. The Morgan fingerprint density at radius 3 is 2.64 bits per heavy atom. The molecule has 0 saturated heterocycles. The molecule has 6 nitrogen and oxygen atoms in total. The van der Waals surface area contributed by atoms with Crippen molar-refractivity contribution in [2.24, 2.45) is 0 Å². The molecular weight excluding hydrogens is 350 g/mol. The van der Waals surface area contributed by atoms with E-state index in [1.807, 2.05) is 20.8 Å². The standard InChI is InChI=1S/C16H16F2N4O2S/c1-16(2,3)21-15(24)22-7-6-9-11(14(22)23)25-13(19-9)8-4-5-10(17)20-12(8)18/h4-5H,6-7H2,1-3H3,(H,21,24). The molecule has 2 aromatic rings. The van der Waals surface area contributed by atoms with Crippen molar-refractivity contribution >= 4 is 23.3 Å². The molecule has 1 aliphatic rings. The topological polar surface area (TPSA) is 75.2 Å². The van der Waals surface area contributed by atoms with Gasteiger partial charge in [-0.15, -0.1) is 11.3 Å². The molecule has 25 heavy (non-hydrogen) atoms. The lowest BCUT2D eigenvalue weighted by atomic mass is 10.1. The summed E-state index contributed by atoms with van der Waals surface area (Å²) in [6, 6.07) is 1.79. The lowest BCUT2D eigenvalue weighted by Crippen LogP contribution is -2.52. The van der Waals surface area contributed by atoms with Crippen molar-refractivity contribution in [1.82, 2.24) is 20.2 Å². The summed E-state index contributed by atoms with van der Waals surface area (Å²) in [5.74, 6) is -2.38. The van der Waals surface area contributed by atoms with Crippen LogP contribution in [0.5, 0.6) is 0 Å². The number of carbonyl (C=O) groups excluding carboxylic acids is 2. The van der Waals surface area contributed by atoms with E-state index in [1.165, 1.54) is 6.07 Å². The molecule has 0 atom stereocenters. The molecular formula is C16H16F2N4O2S. The highest BCUT2D eigenvalue weighted by Crippen LogP contribution is 2.32. The van der Waals surface area contributed by atoms with Crippen LogP contribution in [0.25, 0.3) is 10.6 Å². The molecule has 0 spiro atoms. The van der Waals surface area contributed by atoms with E-state index in [4.69, 9.17) is 0 Å². The van der Waals surface area contributed by atoms with Crippen LogP contribution in [0.15, 0.2) is 12.1 Å². The first kappa shape index (κ1) is 17.4. The lowest BCUT2D eigenvalue weighted by Gasteiger charge is -2.28. The van der Waals surface area contributed by atoms with E-state index in [0.717, 1.165) is 22.3 Å². The molecule has 1 aliphatic heterocycles. The minimum atomic E-state index is -0.985. The molecule has 0 radical (unpaired) electrons. The molecule has 3 rings (SSSR count). The van der Waals surface area contributed by atoms with Crippen molar-refractivity contribution in [3.63, 3.8) is 0 Å². The summed E-state index contributed by atoms with van der Waals surface area (Å²) in [4.78, 5) is 33.7. The second-order valence-corrected chi connectivity index (χ2v) is 7.65. The van der Waals surface area contributed by atoms with E-state index >= 15 is 0 Å². The molecule has 0 saturated carbocycles. The normalized spacial score (nSPS) is 14.4. The quantitative estimate of drug-likeness (QED) is 0.788. The second-order valence-electron chi connectivity index (χ2n) is 6.65. The summed E-state index contributed by atoms with van der Waals surface area (Å²) in [6.45, 7) is 5.65. The second kappa shape index (κ2) is 6.14. The van der Waals surface area contributed by atoms with Gasteiger partial charge in [0.05, 0.1) is 11.3 Å². The first-order valence-electron chi connectivity index (χ1n) is 7.62. The number of thiazole rings is 1. The fourth-order valence-electron chi connectivity index (χ4n) is 2.40. The van der Waals surface area contributed by atoms with Crippen molar-refractivity contribution in [3.8, 4) is 10.6 Å². The maximum absolute atomic E-state index is 13.8. The monoisotopic (exact) mass is 366 g/mol. The number of nitrogens with one attached hydrogen (secondary N) is 1. The van der Waals surface area contributed by atoms with Gasteiger partial charge in [-0.25, -0.2) is 9.78 Å². The SMILES string of the molecule is CC(C)(C)NC(=O)N1CCc2nc(-c3ccc(F)nc3F)sc2C1=O. The summed E-state index contributed by atoms with van der Waals surface area (Å²) < 4.78 is 26.8. The summed E-state index contributed by atoms with van der Waals surface area (Å²) in [6.07, 6.45) is 0.380. The van der Waals surface area contributed by atoms with Gasteiger partial charge in [0.15, 0.2) is 0 Å². The van der Waals surface area contributed by atoms with Crippen LogP contribution in [0.4, 0.5) is 13.6 Å².